The Labute approximate surface area is 137 Å². The van der Waals surface area contributed by atoms with Crippen LogP contribution in [0.15, 0.2) is 42.7 Å². The summed E-state index contributed by atoms with van der Waals surface area (Å²) in [6, 6.07) is 9.86. The van der Waals surface area contributed by atoms with Crippen molar-refractivity contribution >= 4 is 5.91 Å². The molecule has 0 radical (unpaired) electrons. The van der Waals surface area contributed by atoms with Gasteiger partial charge in [0.15, 0.2) is 0 Å². The lowest BCUT2D eigenvalue weighted by Crippen LogP contribution is -2.26. The lowest BCUT2D eigenvalue weighted by molar-refractivity contribution is -0.120. The third-order valence-electron chi connectivity index (χ3n) is 3.45. The number of rotatable bonds is 10. The second-order valence-corrected chi connectivity index (χ2v) is 5.47. The van der Waals surface area contributed by atoms with Crippen molar-refractivity contribution in [3.8, 4) is 5.69 Å². The number of nitrogens with zero attached hydrogens (tertiary/aromatic N) is 2. The van der Waals surface area contributed by atoms with Gasteiger partial charge in [0.2, 0.25) is 5.91 Å². The quantitative estimate of drug-likeness (QED) is 0.686. The van der Waals surface area contributed by atoms with E-state index in [0.717, 1.165) is 37.1 Å². The molecule has 0 saturated heterocycles. The van der Waals surface area contributed by atoms with E-state index >= 15 is 0 Å². The molecule has 2 rings (SSSR count). The van der Waals surface area contributed by atoms with Gasteiger partial charge in [-0.15, -0.1) is 0 Å². The molecule has 0 bridgehead atoms. The lowest BCUT2D eigenvalue weighted by atomic mass is 10.2. The van der Waals surface area contributed by atoms with Crippen molar-refractivity contribution in [2.75, 3.05) is 19.8 Å². The number of amides is 1. The predicted molar refractivity (Wildman–Crippen MR) is 90.6 cm³/mol. The van der Waals surface area contributed by atoms with E-state index in [1.165, 1.54) is 0 Å². The van der Waals surface area contributed by atoms with Gasteiger partial charge in [0.1, 0.15) is 0 Å². The summed E-state index contributed by atoms with van der Waals surface area (Å²) in [5.41, 5.74) is 1.90. The van der Waals surface area contributed by atoms with Crippen LogP contribution >= 0.6 is 0 Å². The summed E-state index contributed by atoms with van der Waals surface area (Å²) in [4.78, 5) is 11.9. The molecule has 0 aliphatic rings. The third-order valence-corrected chi connectivity index (χ3v) is 3.45. The third kappa shape index (κ3) is 6.24. The monoisotopic (exact) mass is 315 g/mol. The fourth-order valence-electron chi connectivity index (χ4n) is 2.17. The molecule has 1 amide bonds. The minimum absolute atomic E-state index is 0.0196. The molecule has 1 aromatic heterocycles. The van der Waals surface area contributed by atoms with E-state index in [0.29, 0.717) is 19.6 Å². The molecule has 0 fully saturated rings. The number of hydrogen-bond donors (Lipinski definition) is 1. The number of benzene rings is 1. The van der Waals surface area contributed by atoms with Gasteiger partial charge in [-0.1, -0.05) is 31.5 Å². The molecule has 0 unspecified atom stereocenters. The Morgan fingerprint density at radius 2 is 2.00 bits per heavy atom. The van der Waals surface area contributed by atoms with Crippen LogP contribution in [-0.4, -0.2) is 35.4 Å². The number of unbranched alkanes of at least 4 members (excludes halogenated alkanes) is 1. The van der Waals surface area contributed by atoms with E-state index in [2.05, 4.69) is 17.3 Å². The summed E-state index contributed by atoms with van der Waals surface area (Å²) in [5.74, 6) is 0.0196. The first-order valence-electron chi connectivity index (χ1n) is 8.23. The Morgan fingerprint density at radius 3 is 2.78 bits per heavy atom. The number of ether oxygens (including phenoxy) is 1. The second-order valence-electron chi connectivity index (χ2n) is 5.47. The predicted octanol–water partition coefficient (Wildman–Crippen LogP) is 2.74. The number of aromatic nitrogens is 2. The van der Waals surface area contributed by atoms with Crippen LogP contribution < -0.4 is 5.32 Å². The molecule has 2 aromatic rings. The highest BCUT2D eigenvalue weighted by Crippen LogP contribution is 2.08. The van der Waals surface area contributed by atoms with Gasteiger partial charge in [0.05, 0.1) is 18.3 Å². The molecule has 5 heteroatoms. The first kappa shape index (κ1) is 17.2. The van der Waals surface area contributed by atoms with Gasteiger partial charge < -0.3 is 10.1 Å². The van der Waals surface area contributed by atoms with Gasteiger partial charge >= 0.3 is 0 Å². The van der Waals surface area contributed by atoms with Crippen LogP contribution in [-0.2, 0) is 16.0 Å². The zero-order valence-corrected chi connectivity index (χ0v) is 13.7. The van der Waals surface area contributed by atoms with E-state index in [1.807, 2.05) is 36.5 Å². The molecule has 23 heavy (non-hydrogen) atoms. The smallest absolute Gasteiger partial charge is 0.224 e. The minimum Gasteiger partial charge on any atom is -0.381 e. The van der Waals surface area contributed by atoms with Gasteiger partial charge in [-0.3, -0.25) is 4.79 Å². The molecular weight excluding hydrogens is 290 g/mol. The van der Waals surface area contributed by atoms with Crippen LogP contribution in [0.1, 0.15) is 31.7 Å². The van der Waals surface area contributed by atoms with E-state index in [4.69, 9.17) is 4.74 Å². The van der Waals surface area contributed by atoms with Crippen LogP contribution in [0.4, 0.5) is 0 Å². The number of nitrogens with one attached hydrogen (secondary N) is 1. The molecule has 1 heterocycles. The number of carbonyl (C=O) groups excluding carboxylic acids is 1. The Kier molecular flexibility index (Phi) is 7.33. The fourth-order valence-corrected chi connectivity index (χ4v) is 2.17. The average Bonchev–Trinajstić information content (AvgIpc) is 3.03. The van der Waals surface area contributed by atoms with Gasteiger partial charge in [-0.05, 0) is 30.5 Å². The topological polar surface area (TPSA) is 56.1 Å². The summed E-state index contributed by atoms with van der Waals surface area (Å²) < 4.78 is 7.24. The molecule has 0 saturated carbocycles. The maximum absolute atomic E-state index is 11.9. The maximum Gasteiger partial charge on any atom is 0.224 e. The lowest BCUT2D eigenvalue weighted by Gasteiger charge is -2.05. The Bertz CT molecular complexity index is 581. The second kappa shape index (κ2) is 9.79. The van der Waals surface area contributed by atoms with Crippen LogP contribution in [0.5, 0.6) is 0 Å². The van der Waals surface area contributed by atoms with Gasteiger partial charge in [0.25, 0.3) is 0 Å². The zero-order chi connectivity index (χ0) is 16.3. The van der Waals surface area contributed by atoms with Gasteiger partial charge in [0, 0.05) is 26.0 Å². The van der Waals surface area contributed by atoms with Crippen molar-refractivity contribution in [2.45, 2.75) is 32.6 Å². The summed E-state index contributed by atoms with van der Waals surface area (Å²) >= 11 is 0. The Balaban J connectivity index is 1.67. The average molecular weight is 315 g/mol. The molecule has 124 valence electrons. The summed E-state index contributed by atoms with van der Waals surface area (Å²) in [6.45, 7) is 4.30. The molecule has 0 atom stereocenters. The summed E-state index contributed by atoms with van der Waals surface area (Å²) in [5, 5.41) is 7.21. The summed E-state index contributed by atoms with van der Waals surface area (Å²) in [6.07, 6.45) is 7.07. The number of carbonyl (C=O) groups is 1. The SMILES string of the molecule is CCCCOCCCNC(=O)Cc1cnn(-c2ccccc2)c1. The van der Waals surface area contributed by atoms with E-state index in [-0.39, 0.29) is 5.91 Å². The minimum atomic E-state index is 0.0196. The Hall–Kier alpha value is -2.14. The first-order valence-corrected chi connectivity index (χ1v) is 8.23. The Morgan fingerprint density at radius 1 is 1.22 bits per heavy atom. The highest BCUT2D eigenvalue weighted by Gasteiger charge is 2.06. The maximum atomic E-state index is 11.9. The molecular formula is C18H25N3O2. The van der Waals surface area contributed by atoms with Crippen molar-refractivity contribution in [3.05, 3.63) is 48.3 Å². The van der Waals surface area contributed by atoms with Crippen molar-refractivity contribution in [3.63, 3.8) is 0 Å². The van der Waals surface area contributed by atoms with Crippen LogP contribution in [0, 0.1) is 0 Å². The summed E-state index contributed by atoms with van der Waals surface area (Å²) in [7, 11) is 0. The van der Waals surface area contributed by atoms with Crippen molar-refractivity contribution in [2.24, 2.45) is 0 Å². The largest absolute Gasteiger partial charge is 0.381 e. The fraction of sp³-hybridized carbons (Fsp3) is 0.444. The standard InChI is InChI=1S/C18H25N3O2/c1-2-3-11-23-12-7-10-19-18(22)13-16-14-20-21(15-16)17-8-5-4-6-9-17/h4-6,8-9,14-15H,2-3,7,10-13H2,1H3,(H,19,22). The van der Waals surface area contributed by atoms with Crippen LogP contribution in [0.2, 0.25) is 0 Å². The molecule has 5 nitrogen and oxygen atoms in total. The molecule has 1 N–H and O–H groups in total. The van der Waals surface area contributed by atoms with E-state index < -0.39 is 0 Å². The highest BCUT2D eigenvalue weighted by atomic mass is 16.5. The molecule has 0 aliphatic carbocycles. The van der Waals surface area contributed by atoms with Crippen molar-refractivity contribution in [1.29, 1.82) is 0 Å². The number of hydrogen-bond acceptors (Lipinski definition) is 3. The van der Waals surface area contributed by atoms with Gasteiger partial charge in [-0.25, -0.2) is 4.68 Å². The van der Waals surface area contributed by atoms with Crippen LogP contribution in [0.25, 0.3) is 5.69 Å². The van der Waals surface area contributed by atoms with E-state index in [9.17, 15) is 4.79 Å². The van der Waals surface area contributed by atoms with Crippen molar-refractivity contribution < 1.29 is 9.53 Å². The zero-order valence-electron chi connectivity index (χ0n) is 13.7. The molecule has 0 spiro atoms. The normalized spacial score (nSPS) is 10.7. The molecule has 1 aromatic carbocycles. The highest BCUT2D eigenvalue weighted by molar-refractivity contribution is 5.78. The van der Waals surface area contributed by atoms with Crippen molar-refractivity contribution in [1.82, 2.24) is 15.1 Å². The number of para-hydroxylation sites is 1. The van der Waals surface area contributed by atoms with Gasteiger partial charge in [-0.2, -0.15) is 5.10 Å². The first-order chi connectivity index (χ1) is 11.3. The molecule has 0 aliphatic heterocycles. The van der Waals surface area contributed by atoms with Crippen LogP contribution in [0.3, 0.4) is 0 Å². The van der Waals surface area contributed by atoms with E-state index in [1.54, 1.807) is 10.9 Å².